The zero-order valence-electron chi connectivity index (χ0n) is 17.3. The molecule has 1 atom stereocenters. The fourth-order valence-corrected chi connectivity index (χ4v) is 8.14. The molecule has 1 rings (SSSR count). The second-order valence-corrected chi connectivity index (χ2v) is 11.8. The molecule has 0 saturated heterocycles. The number of nitrogens with zero attached hydrogens (tertiary/aromatic N) is 2. The van der Waals surface area contributed by atoms with Gasteiger partial charge in [-0.15, -0.1) is 0 Å². The largest absolute Gasteiger partial charge is 0.372 e. The Morgan fingerprint density at radius 1 is 0.926 bits per heavy atom. The van der Waals surface area contributed by atoms with Crippen molar-refractivity contribution in [2.75, 3.05) is 26.4 Å². The Kier molecular flexibility index (Phi) is 8.55. The predicted molar refractivity (Wildman–Crippen MR) is 102 cm³/mol. The molecule has 0 N–H and O–H groups in total. The van der Waals surface area contributed by atoms with Crippen molar-refractivity contribution in [3.63, 3.8) is 0 Å². The highest BCUT2D eigenvalue weighted by molar-refractivity contribution is 7.74. The van der Waals surface area contributed by atoms with Gasteiger partial charge >= 0.3 is 15.2 Å². The average molecular weight is 426 g/mol. The second kappa shape index (κ2) is 9.38. The van der Waals surface area contributed by atoms with Crippen molar-refractivity contribution in [3.05, 3.63) is 0 Å². The van der Waals surface area contributed by atoms with E-state index in [1.165, 1.54) is 0 Å². The number of hydrogen-bond acceptors (Lipinski definition) is 9. The summed E-state index contributed by atoms with van der Waals surface area (Å²) >= 11 is 0. The zero-order chi connectivity index (χ0) is 20.9. The summed E-state index contributed by atoms with van der Waals surface area (Å²) in [7, 11) is -8.27. The third-order valence-corrected chi connectivity index (χ3v) is 10.1. The van der Waals surface area contributed by atoms with Crippen LogP contribution in [0.25, 0.3) is 0 Å². The van der Waals surface area contributed by atoms with E-state index in [2.05, 4.69) is 10.2 Å². The van der Waals surface area contributed by atoms with Gasteiger partial charge in [-0.05, 0) is 27.7 Å². The fraction of sp³-hybridized carbons (Fsp3) is 0.938. The molecule has 1 aliphatic rings. The van der Waals surface area contributed by atoms with E-state index in [-0.39, 0.29) is 38.6 Å². The maximum absolute atomic E-state index is 13.7. The highest BCUT2D eigenvalue weighted by atomic mass is 31.2. The molecule has 0 aliphatic carbocycles. The minimum absolute atomic E-state index is 0.0324. The molecular weight excluding hydrogens is 394 g/mol. The first-order valence-electron chi connectivity index (χ1n) is 9.21. The Hall–Kier alpha value is -0.430. The Morgan fingerprint density at radius 2 is 1.30 bits per heavy atom. The van der Waals surface area contributed by atoms with E-state index in [0.717, 1.165) is 0 Å². The lowest BCUT2D eigenvalue weighted by atomic mass is 9.86. The molecule has 0 saturated carbocycles. The summed E-state index contributed by atoms with van der Waals surface area (Å²) < 4.78 is 49.2. The Morgan fingerprint density at radius 3 is 1.59 bits per heavy atom. The lowest BCUT2D eigenvalue weighted by Gasteiger charge is -2.36. The zero-order valence-corrected chi connectivity index (χ0v) is 19.0. The molecule has 27 heavy (non-hydrogen) atoms. The van der Waals surface area contributed by atoms with E-state index < -0.39 is 31.7 Å². The summed E-state index contributed by atoms with van der Waals surface area (Å²) in [6.45, 7) is 11.9. The molecule has 0 spiro atoms. The van der Waals surface area contributed by atoms with E-state index in [4.69, 9.17) is 18.1 Å². The van der Waals surface area contributed by atoms with Crippen molar-refractivity contribution >= 4 is 21.0 Å². The second-order valence-electron chi connectivity index (χ2n) is 6.99. The molecule has 9 nitrogen and oxygen atoms in total. The van der Waals surface area contributed by atoms with Crippen LogP contribution in [0.1, 0.15) is 54.9 Å². The molecule has 0 aromatic rings. The van der Waals surface area contributed by atoms with Crippen molar-refractivity contribution in [1.82, 2.24) is 0 Å². The quantitative estimate of drug-likeness (QED) is 0.427. The number of Topliss-reactive ketones (excluding diaryl/α,β-unsaturated/α-hetero) is 1. The summed E-state index contributed by atoms with van der Waals surface area (Å²) in [4.78, 5) is 12.7. The first kappa shape index (κ1) is 24.6. The highest BCUT2D eigenvalue weighted by Gasteiger charge is 2.70. The van der Waals surface area contributed by atoms with E-state index >= 15 is 0 Å². The van der Waals surface area contributed by atoms with Gasteiger partial charge < -0.3 is 18.1 Å². The maximum Gasteiger partial charge on any atom is 0.372 e. The lowest BCUT2D eigenvalue weighted by molar-refractivity contribution is -0.127. The van der Waals surface area contributed by atoms with Crippen LogP contribution in [0.2, 0.25) is 0 Å². The van der Waals surface area contributed by atoms with Crippen LogP contribution in [0.15, 0.2) is 10.2 Å². The standard InChI is InChI=1S/C16H32N2O7P2/c1-8-22-26(20,23-9-2)16(27(21,24-10-3)25-11-4)12-13(17-18-16)14(19)15(5,6)7/h13H,8-12H2,1-7H3. The first-order valence-corrected chi connectivity index (χ1v) is 12.3. The molecule has 0 bridgehead atoms. The maximum atomic E-state index is 13.7. The molecule has 1 heterocycles. The number of carbonyl (C=O) groups is 1. The van der Waals surface area contributed by atoms with Crippen molar-refractivity contribution < 1.29 is 32.0 Å². The third-order valence-electron chi connectivity index (χ3n) is 3.94. The van der Waals surface area contributed by atoms with Gasteiger partial charge in [0.2, 0.25) is 0 Å². The van der Waals surface area contributed by atoms with E-state index in [1.54, 1.807) is 48.5 Å². The van der Waals surface area contributed by atoms with Crippen LogP contribution in [-0.4, -0.2) is 43.3 Å². The summed E-state index contributed by atoms with van der Waals surface area (Å²) in [6, 6.07) is -0.937. The minimum atomic E-state index is -4.13. The van der Waals surface area contributed by atoms with Crippen LogP contribution < -0.4 is 0 Å². The molecular formula is C16H32N2O7P2. The van der Waals surface area contributed by atoms with Crippen molar-refractivity contribution in [2.45, 2.75) is 65.9 Å². The van der Waals surface area contributed by atoms with Gasteiger partial charge in [0, 0.05) is 11.8 Å². The number of azo groups is 1. The van der Waals surface area contributed by atoms with E-state index in [9.17, 15) is 13.9 Å². The molecule has 0 aromatic heterocycles. The molecule has 1 aliphatic heterocycles. The number of hydrogen-bond donors (Lipinski definition) is 0. The predicted octanol–water partition coefficient (Wildman–Crippen LogP) is 5.01. The third kappa shape index (κ3) is 4.77. The highest BCUT2D eigenvalue weighted by Crippen LogP contribution is 2.81. The van der Waals surface area contributed by atoms with Gasteiger partial charge in [0.15, 0.2) is 5.78 Å². The Balaban J connectivity index is 3.56. The fourth-order valence-electron chi connectivity index (χ4n) is 2.80. The molecule has 0 radical (unpaired) electrons. The smallest absolute Gasteiger partial charge is 0.307 e. The number of carbonyl (C=O) groups excluding carboxylic acids is 1. The normalized spacial score (nSPS) is 20.2. The topological polar surface area (TPSA) is 113 Å². The summed E-state index contributed by atoms with van der Waals surface area (Å²) in [5.74, 6) is -0.216. The van der Waals surface area contributed by atoms with Gasteiger partial charge in [-0.1, -0.05) is 20.8 Å². The van der Waals surface area contributed by atoms with Crippen LogP contribution in [0, 0.1) is 5.41 Å². The van der Waals surface area contributed by atoms with Gasteiger partial charge in [-0.25, -0.2) is 0 Å². The van der Waals surface area contributed by atoms with Gasteiger partial charge in [-0.2, -0.15) is 10.2 Å². The molecule has 158 valence electrons. The molecule has 0 fully saturated rings. The molecule has 0 amide bonds. The minimum Gasteiger partial charge on any atom is -0.307 e. The van der Waals surface area contributed by atoms with Gasteiger partial charge in [0.25, 0.3) is 5.02 Å². The molecule has 0 aromatic carbocycles. The Bertz CT molecular complexity index is 595. The van der Waals surface area contributed by atoms with Gasteiger partial charge in [-0.3, -0.25) is 13.9 Å². The van der Waals surface area contributed by atoms with Crippen molar-refractivity contribution in [3.8, 4) is 0 Å². The van der Waals surface area contributed by atoms with Crippen LogP contribution in [-0.2, 0) is 32.0 Å². The van der Waals surface area contributed by atoms with Gasteiger partial charge in [0.05, 0.1) is 26.4 Å². The Labute approximate surface area is 161 Å². The van der Waals surface area contributed by atoms with Crippen LogP contribution in [0.3, 0.4) is 0 Å². The summed E-state index contributed by atoms with van der Waals surface area (Å²) in [6.07, 6.45) is -0.225. The summed E-state index contributed by atoms with van der Waals surface area (Å²) in [5, 5.41) is 6.10. The SMILES string of the molecule is CCOP(=O)(OCC)C1(P(=O)(OCC)OCC)CC(C(=O)C(C)(C)C)N=N1. The number of ketones is 1. The van der Waals surface area contributed by atoms with Crippen LogP contribution in [0.4, 0.5) is 0 Å². The van der Waals surface area contributed by atoms with Crippen molar-refractivity contribution in [1.29, 1.82) is 0 Å². The summed E-state index contributed by atoms with van der Waals surface area (Å²) in [5.41, 5.74) is -0.706. The van der Waals surface area contributed by atoms with E-state index in [0.29, 0.717) is 0 Å². The molecule has 11 heteroatoms. The number of rotatable bonds is 11. The first-order chi connectivity index (χ1) is 12.5. The molecule has 1 unspecified atom stereocenters. The monoisotopic (exact) mass is 426 g/mol. The van der Waals surface area contributed by atoms with Crippen LogP contribution in [0.5, 0.6) is 0 Å². The van der Waals surface area contributed by atoms with Gasteiger partial charge in [0.1, 0.15) is 6.04 Å². The van der Waals surface area contributed by atoms with Crippen LogP contribution >= 0.6 is 15.2 Å². The van der Waals surface area contributed by atoms with E-state index in [1.807, 2.05) is 0 Å². The van der Waals surface area contributed by atoms with Crippen molar-refractivity contribution in [2.24, 2.45) is 15.6 Å². The average Bonchev–Trinajstić information content (AvgIpc) is 3.01. The lowest BCUT2D eigenvalue weighted by Crippen LogP contribution is -2.36.